The fraction of sp³-hybridized carbons (Fsp3) is 0.947. The third-order valence-corrected chi connectivity index (χ3v) is 6.71. The van der Waals surface area contributed by atoms with Crippen molar-refractivity contribution in [3.8, 4) is 0 Å². The number of nitrogens with one attached hydrogen (secondary N) is 1. The average Bonchev–Trinajstić information content (AvgIpc) is 2.59. The van der Waals surface area contributed by atoms with Crippen LogP contribution in [-0.2, 0) is 0 Å². The lowest BCUT2D eigenvalue weighted by molar-refractivity contribution is -0.0871. The van der Waals surface area contributed by atoms with E-state index in [1.54, 1.807) is 0 Å². The van der Waals surface area contributed by atoms with Crippen molar-refractivity contribution < 1.29 is 9.90 Å². The summed E-state index contributed by atoms with van der Waals surface area (Å²) < 4.78 is 0. The first-order valence-corrected chi connectivity index (χ1v) is 9.97. The number of fused-ring (bicyclic) bond motifs is 1. The number of urea groups is 1. The average molecular weight is 338 g/mol. The van der Waals surface area contributed by atoms with Gasteiger partial charge in [-0.25, -0.2) is 4.79 Å². The van der Waals surface area contributed by atoms with Crippen molar-refractivity contribution in [3.05, 3.63) is 0 Å². The van der Waals surface area contributed by atoms with Gasteiger partial charge in [-0.15, -0.1) is 0 Å². The first-order chi connectivity index (χ1) is 11.5. The molecule has 2 saturated heterocycles. The lowest BCUT2D eigenvalue weighted by Crippen LogP contribution is -2.57. The Hall–Kier alpha value is -0.810. The SMILES string of the molecule is CC1CCN(C(C)CNC(=O)N2CCC3(O)CCCCC3C2)CC1. The zero-order valence-electron chi connectivity index (χ0n) is 15.5. The summed E-state index contributed by atoms with van der Waals surface area (Å²) in [6.07, 6.45) is 7.57. The summed E-state index contributed by atoms with van der Waals surface area (Å²) in [4.78, 5) is 17.0. The second-order valence-corrected chi connectivity index (χ2v) is 8.50. The molecule has 0 aromatic rings. The normalized spacial score (nSPS) is 33.8. The highest BCUT2D eigenvalue weighted by Gasteiger charge is 2.43. The Morgan fingerprint density at radius 3 is 2.71 bits per heavy atom. The van der Waals surface area contributed by atoms with Crippen LogP contribution in [0.1, 0.15) is 58.8 Å². The molecule has 5 heteroatoms. The Kier molecular flexibility index (Phi) is 5.70. The van der Waals surface area contributed by atoms with Crippen LogP contribution in [0.5, 0.6) is 0 Å². The fourth-order valence-electron chi connectivity index (χ4n) is 4.70. The van der Waals surface area contributed by atoms with Crippen LogP contribution in [0.15, 0.2) is 0 Å². The summed E-state index contributed by atoms with van der Waals surface area (Å²) in [7, 11) is 0. The number of hydrogen-bond acceptors (Lipinski definition) is 3. The number of likely N-dealkylation sites (tertiary alicyclic amines) is 2. The predicted molar refractivity (Wildman–Crippen MR) is 95.9 cm³/mol. The van der Waals surface area contributed by atoms with Crippen LogP contribution >= 0.6 is 0 Å². The van der Waals surface area contributed by atoms with E-state index in [4.69, 9.17) is 0 Å². The minimum Gasteiger partial charge on any atom is -0.389 e. The van der Waals surface area contributed by atoms with E-state index in [2.05, 4.69) is 24.1 Å². The summed E-state index contributed by atoms with van der Waals surface area (Å²) in [5.74, 6) is 1.11. The Labute approximate surface area is 146 Å². The topological polar surface area (TPSA) is 55.8 Å². The van der Waals surface area contributed by atoms with E-state index >= 15 is 0 Å². The van der Waals surface area contributed by atoms with Crippen molar-refractivity contribution >= 4 is 6.03 Å². The Morgan fingerprint density at radius 1 is 1.21 bits per heavy atom. The van der Waals surface area contributed by atoms with Crippen LogP contribution in [0, 0.1) is 11.8 Å². The van der Waals surface area contributed by atoms with Gasteiger partial charge in [0.1, 0.15) is 0 Å². The molecule has 0 aromatic heterocycles. The maximum Gasteiger partial charge on any atom is 0.317 e. The number of hydrogen-bond donors (Lipinski definition) is 2. The van der Waals surface area contributed by atoms with Gasteiger partial charge in [-0.3, -0.25) is 4.90 Å². The van der Waals surface area contributed by atoms with Gasteiger partial charge in [-0.05, 0) is 58.0 Å². The Balaban J connectivity index is 1.44. The first kappa shape index (κ1) is 18.0. The van der Waals surface area contributed by atoms with Gasteiger partial charge >= 0.3 is 6.03 Å². The molecule has 24 heavy (non-hydrogen) atoms. The molecule has 0 aromatic carbocycles. The van der Waals surface area contributed by atoms with Crippen LogP contribution in [-0.4, -0.2) is 65.3 Å². The highest BCUT2D eigenvalue weighted by Crippen LogP contribution is 2.39. The monoisotopic (exact) mass is 337 g/mol. The molecule has 2 N–H and O–H groups in total. The minimum atomic E-state index is -0.507. The summed E-state index contributed by atoms with van der Waals surface area (Å²) in [5.41, 5.74) is -0.507. The molecule has 1 aliphatic carbocycles. The predicted octanol–water partition coefficient (Wildman–Crippen LogP) is 2.44. The third-order valence-electron chi connectivity index (χ3n) is 6.71. The number of rotatable bonds is 3. The summed E-state index contributed by atoms with van der Waals surface area (Å²) >= 11 is 0. The highest BCUT2D eigenvalue weighted by atomic mass is 16.3. The van der Waals surface area contributed by atoms with Crippen LogP contribution in [0.4, 0.5) is 4.79 Å². The molecule has 0 radical (unpaired) electrons. The molecule has 138 valence electrons. The number of carbonyl (C=O) groups is 1. The molecule has 2 aliphatic heterocycles. The van der Waals surface area contributed by atoms with E-state index in [0.717, 1.165) is 57.8 Å². The zero-order chi connectivity index (χ0) is 17.2. The molecule has 3 aliphatic rings. The molecule has 5 nitrogen and oxygen atoms in total. The van der Waals surface area contributed by atoms with Crippen LogP contribution in [0.25, 0.3) is 0 Å². The van der Waals surface area contributed by atoms with Crippen molar-refractivity contribution in [1.29, 1.82) is 0 Å². The van der Waals surface area contributed by atoms with Crippen LogP contribution in [0.2, 0.25) is 0 Å². The summed E-state index contributed by atoms with van der Waals surface area (Å²) in [5, 5.41) is 13.9. The number of carbonyl (C=O) groups excluding carboxylic acids is 1. The molecular formula is C19H35N3O2. The van der Waals surface area contributed by atoms with Gasteiger partial charge in [0.2, 0.25) is 0 Å². The Bertz CT molecular complexity index is 436. The fourth-order valence-corrected chi connectivity index (χ4v) is 4.70. The maximum absolute atomic E-state index is 12.5. The number of piperidine rings is 2. The lowest BCUT2D eigenvalue weighted by atomic mass is 9.71. The number of nitrogens with zero attached hydrogens (tertiary/aromatic N) is 2. The zero-order valence-corrected chi connectivity index (χ0v) is 15.5. The summed E-state index contributed by atoms with van der Waals surface area (Å²) in [6.45, 7) is 8.97. The minimum absolute atomic E-state index is 0.0554. The van der Waals surface area contributed by atoms with Crippen molar-refractivity contribution in [2.24, 2.45) is 11.8 Å². The highest BCUT2D eigenvalue weighted by molar-refractivity contribution is 5.74. The lowest BCUT2D eigenvalue weighted by Gasteiger charge is -2.47. The van der Waals surface area contributed by atoms with E-state index in [-0.39, 0.29) is 11.9 Å². The molecule has 1 saturated carbocycles. The molecule has 2 amide bonds. The molecule has 0 spiro atoms. The molecule has 3 atom stereocenters. The first-order valence-electron chi connectivity index (χ1n) is 9.97. The molecular weight excluding hydrogens is 302 g/mol. The molecule has 3 fully saturated rings. The van der Waals surface area contributed by atoms with E-state index in [0.29, 0.717) is 12.6 Å². The standard InChI is InChI=1S/C19H35N3O2/c1-15-6-10-21(11-7-15)16(2)13-20-18(23)22-12-9-19(24)8-4-3-5-17(19)14-22/h15-17,24H,3-14H2,1-2H3,(H,20,23). The van der Waals surface area contributed by atoms with Crippen LogP contribution in [0.3, 0.4) is 0 Å². The largest absolute Gasteiger partial charge is 0.389 e. The molecule has 3 unspecified atom stereocenters. The molecule has 3 rings (SSSR count). The third kappa shape index (κ3) is 4.05. The smallest absolute Gasteiger partial charge is 0.317 e. The van der Waals surface area contributed by atoms with Gasteiger partial charge in [0.05, 0.1) is 5.60 Å². The van der Waals surface area contributed by atoms with E-state index in [1.807, 2.05) is 4.90 Å². The van der Waals surface area contributed by atoms with E-state index < -0.39 is 5.60 Å². The molecule has 0 bridgehead atoms. The second-order valence-electron chi connectivity index (χ2n) is 8.50. The van der Waals surface area contributed by atoms with E-state index in [1.165, 1.54) is 19.3 Å². The maximum atomic E-state index is 12.5. The number of amides is 2. The van der Waals surface area contributed by atoms with Gasteiger partial charge in [0.25, 0.3) is 0 Å². The van der Waals surface area contributed by atoms with Crippen LogP contribution < -0.4 is 5.32 Å². The van der Waals surface area contributed by atoms with Crippen molar-refractivity contribution in [2.45, 2.75) is 70.4 Å². The van der Waals surface area contributed by atoms with Crippen molar-refractivity contribution in [2.75, 3.05) is 32.7 Å². The van der Waals surface area contributed by atoms with Gasteiger partial charge in [0.15, 0.2) is 0 Å². The summed E-state index contributed by atoms with van der Waals surface area (Å²) in [6, 6.07) is 0.456. The quantitative estimate of drug-likeness (QED) is 0.832. The van der Waals surface area contributed by atoms with Gasteiger partial charge in [-0.2, -0.15) is 0 Å². The second kappa shape index (κ2) is 7.61. The molecule has 2 heterocycles. The van der Waals surface area contributed by atoms with E-state index in [9.17, 15) is 9.90 Å². The van der Waals surface area contributed by atoms with Gasteiger partial charge in [-0.1, -0.05) is 19.8 Å². The van der Waals surface area contributed by atoms with Gasteiger partial charge < -0.3 is 15.3 Å². The Morgan fingerprint density at radius 2 is 1.96 bits per heavy atom. The number of aliphatic hydroxyl groups is 1. The van der Waals surface area contributed by atoms with Gasteiger partial charge in [0, 0.05) is 31.6 Å². The van der Waals surface area contributed by atoms with Crippen molar-refractivity contribution in [1.82, 2.24) is 15.1 Å². The van der Waals surface area contributed by atoms with Crippen molar-refractivity contribution in [3.63, 3.8) is 0 Å².